The minimum atomic E-state index is -0.263. The lowest BCUT2D eigenvalue weighted by Crippen LogP contribution is -2.37. The van der Waals surface area contributed by atoms with E-state index in [4.69, 9.17) is 19.8 Å². The number of ether oxygens (including phenoxy) is 1. The van der Waals surface area contributed by atoms with E-state index < -0.39 is 0 Å². The molecule has 2 fully saturated rings. The first-order valence-corrected chi connectivity index (χ1v) is 11.5. The summed E-state index contributed by atoms with van der Waals surface area (Å²) in [6.07, 6.45) is 4.93. The number of nitrogens with one attached hydrogen (secondary N) is 2. The third-order valence-electron chi connectivity index (χ3n) is 6.39. The molecule has 2 aliphatic rings. The number of urea groups is 1. The smallest absolute Gasteiger partial charge is 0.318 e. The maximum absolute atomic E-state index is 11.6. The fourth-order valence-electron chi connectivity index (χ4n) is 4.51. The van der Waals surface area contributed by atoms with E-state index in [1.54, 1.807) is 7.05 Å². The van der Waals surface area contributed by atoms with Crippen molar-refractivity contribution in [3.05, 3.63) is 30.5 Å². The highest BCUT2D eigenvalue weighted by molar-refractivity contribution is 5.93. The van der Waals surface area contributed by atoms with Crippen LogP contribution < -0.4 is 15.5 Å². The summed E-state index contributed by atoms with van der Waals surface area (Å²) >= 11 is 0. The Morgan fingerprint density at radius 1 is 1.09 bits per heavy atom. The predicted molar refractivity (Wildman–Crippen MR) is 125 cm³/mol. The summed E-state index contributed by atoms with van der Waals surface area (Å²) in [5, 5.41) is 20.9. The van der Waals surface area contributed by atoms with Crippen LogP contribution in [0.1, 0.15) is 31.7 Å². The molecule has 10 heteroatoms. The van der Waals surface area contributed by atoms with Crippen LogP contribution in [-0.4, -0.2) is 70.3 Å². The Morgan fingerprint density at radius 2 is 1.82 bits per heavy atom. The van der Waals surface area contributed by atoms with Crippen molar-refractivity contribution in [2.24, 2.45) is 0 Å². The zero-order valence-corrected chi connectivity index (χ0v) is 18.7. The molecule has 1 aliphatic carbocycles. The van der Waals surface area contributed by atoms with Gasteiger partial charge in [-0.15, -0.1) is 0 Å². The van der Waals surface area contributed by atoms with Crippen LogP contribution >= 0.6 is 0 Å². The van der Waals surface area contributed by atoms with Crippen molar-refractivity contribution in [1.82, 2.24) is 25.1 Å². The van der Waals surface area contributed by atoms with Crippen LogP contribution in [0.3, 0.4) is 0 Å². The Bertz CT molecular complexity index is 1120. The lowest BCUT2D eigenvalue weighted by molar-refractivity contribution is 0.109. The first-order valence-electron chi connectivity index (χ1n) is 11.5. The van der Waals surface area contributed by atoms with E-state index in [0.29, 0.717) is 24.8 Å². The molecule has 2 aromatic heterocycles. The van der Waals surface area contributed by atoms with Gasteiger partial charge < -0.3 is 25.4 Å². The number of hydrogen-bond acceptors (Lipinski definition) is 7. The number of carbonyl (C=O) groups is 1. The van der Waals surface area contributed by atoms with Crippen molar-refractivity contribution in [1.29, 1.82) is 0 Å². The maximum atomic E-state index is 11.6. The van der Waals surface area contributed by atoms with E-state index in [9.17, 15) is 9.90 Å². The molecule has 33 heavy (non-hydrogen) atoms. The van der Waals surface area contributed by atoms with Crippen LogP contribution in [-0.2, 0) is 4.74 Å². The van der Waals surface area contributed by atoms with Gasteiger partial charge in [0, 0.05) is 31.4 Å². The van der Waals surface area contributed by atoms with E-state index in [2.05, 4.69) is 15.5 Å². The molecule has 2 amide bonds. The number of aliphatic hydroxyl groups is 1. The molecule has 0 spiro atoms. The lowest BCUT2D eigenvalue weighted by atomic mass is 9.93. The van der Waals surface area contributed by atoms with Crippen molar-refractivity contribution in [2.75, 3.05) is 43.6 Å². The van der Waals surface area contributed by atoms with Crippen molar-refractivity contribution in [3.63, 3.8) is 0 Å². The first kappa shape index (κ1) is 21.6. The average Bonchev–Trinajstić information content (AvgIpc) is 3.29. The molecule has 1 aliphatic heterocycles. The molecule has 174 valence electrons. The van der Waals surface area contributed by atoms with Crippen molar-refractivity contribution in [2.45, 2.75) is 37.8 Å². The Kier molecular flexibility index (Phi) is 6.10. The molecule has 1 saturated carbocycles. The second-order valence-corrected chi connectivity index (χ2v) is 8.54. The Balaban J connectivity index is 1.56. The number of morpholine rings is 1. The van der Waals surface area contributed by atoms with Gasteiger partial charge in [-0.05, 0) is 37.8 Å². The molecule has 0 atom stereocenters. The Labute approximate surface area is 192 Å². The molecule has 3 aromatic rings. The number of nitrogens with zero attached hydrogens (tertiary/aromatic N) is 5. The van der Waals surface area contributed by atoms with Crippen LogP contribution in [0.25, 0.3) is 22.3 Å². The van der Waals surface area contributed by atoms with Crippen molar-refractivity contribution in [3.8, 4) is 11.3 Å². The number of fused-ring (bicyclic) bond motifs is 1. The zero-order valence-electron chi connectivity index (χ0n) is 18.7. The van der Waals surface area contributed by atoms with Crippen molar-refractivity contribution < 1.29 is 14.6 Å². The lowest BCUT2D eigenvalue weighted by Gasteiger charge is -2.28. The minimum absolute atomic E-state index is 0.213. The predicted octanol–water partition coefficient (Wildman–Crippen LogP) is 2.56. The van der Waals surface area contributed by atoms with Crippen molar-refractivity contribution >= 4 is 28.7 Å². The minimum Gasteiger partial charge on any atom is -0.393 e. The molecule has 3 N–H and O–H groups in total. The molecule has 0 radical (unpaired) electrons. The van der Waals surface area contributed by atoms with Gasteiger partial charge in [-0.25, -0.2) is 14.5 Å². The number of hydrogen-bond donors (Lipinski definition) is 3. The number of carbonyl (C=O) groups excluding carboxylic acids is 1. The average molecular weight is 452 g/mol. The van der Waals surface area contributed by atoms with Gasteiger partial charge in [-0.3, -0.25) is 0 Å². The highest BCUT2D eigenvalue weighted by Gasteiger charge is 2.26. The fraction of sp³-hybridized carbons (Fsp3) is 0.478. The van der Waals surface area contributed by atoms with Gasteiger partial charge in [0.15, 0.2) is 5.65 Å². The van der Waals surface area contributed by atoms with Gasteiger partial charge in [-0.2, -0.15) is 10.1 Å². The van der Waals surface area contributed by atoms with Gasteiger partial charge in [0.1, 0.15) is 0 Å². The Hall–Kier alpha value is -3.24. The number of aromatic nitrogens is 4. The third kappa shape index (κ3) is 4.49. The summed E-state index contributed by atoms with van der Waals surface area (Å²) in [5.41, 5.74) is 3.26. The topological polar surface area (TPSA) is 117 Å². The number of rotatable bonds is 4. The van der Waals surface area contributed by atoms with E-state index in [1.165, 1.54) is 0 Å². The highest BCUT2D eigenvalue weighted by Crippen LogP contribution is 2.34. The molecule has 10 nitrogen and oxygen atoms in total. The van der Waals surface area contributed by atoms with Crippen LogP contribution in [0.4, 0.5) is 16.4 Å². The number of amides is 2. The quantitative estimate of drug-likeness (QED) is 0.558. The first-order chi connectivity index (χ1) is 16.1. The maximum Gasteiger partial charge on any atom is 0.318 e. The summed E-state index contributed by atoms with van der Waals surface area (Å²) in [4.78, 5) is 23.6. The van der Waals surface area contributed by atoms with E-state index in [0.717, 1.165) is 61.1 Å². The van der Waals surface area contributed by atoms with E-state index in [-0.39, 0.29) is 18.2 Å². The monoisotopic (exact) mass is 451 g/mol. The van der Waals surface area contributed by atoms with Gasteiger partial charge >= 0.3 is 6.03 Å². The SMILES string of the molecule is CNC(=O)Nc1ccc(-c2nc(N3CCOCC3)nc3c2cnn3[C@H]2CC[C@@H](O)CC2)cc1. The van der Waals surface area contributed by atoms with Gasteiger partial charge in [-0.1, -0.05) is 12.1 Å². The summed E-state index contributed by atoms with van der Waals surface area (Å²) in [5.74, 6) is 0.672. The second kappa shape index (κ2) is 9.32. The largest absolute Gasteiger partial charge is 0.393 e. The number of benzene rings is 1. The molecule has 1 aromatic carbocycles. The second-order valence-electron chi connectivity index (χ2n) is 8.54. The summed E-state index contributed by atoms with van der Waals surface area (Å²) < 4.78 is 7.53. The number of aliphatic hydroxyl groups excluding tert-OH is 1. The van der Waals surface area contributed by atoms with Crippen LogP contribution in [0.15, 0.2) is 30.5 Å². The van der Waals surface area contributed by atoms with E-state index in [1.807, 2.05) is 35.1 Å². The van der Waals surface area contributed by atoms with Crippen LogP contribution in [0.2, 0.25) is 0 Å². The molecule has 1 saturated heterocycles. The summed E-state index contributed by atoms with van der Waals surface area (Å²) in [7, 11) is 1.58. The summed E-state index contributed by atoms with van der Waals surface area (Å²) in [6, 6.07) is 7.57. The molecular weight excluding hydrogens is 422 g/mol. The fourth-order valence-corrected chi connectivity index (χ4v) is 4.51. The number of anilines is 2. The van der Waals surface area contributed by atoms with Gasteiger partial charge in [0.25, 0.3) is 0 Å². The molecular formula is C23H29N7O3. The third-order valence-corrected chi connectivity index (χ3v) is 6.39. The van der Waals surface area contributed by atoms with Crippen LogP contribution in [0, 0.1) is 0 Å². The van der Waals surface area contributed by atoms with Gasteiger partial charge in [0.05, 0.1) is 42.6 Å². The molecule has 5 rings (SSSR count). The standard InChI is InChI=1S/C23H29N7O3/c1-24-23(32)26-16-4-2-15(3-5-16)20-19-14-25-30(17-6-8-18(31)9-7-17)21(19)28-22(27-20)29-10-12-33-13-11-29/h2-5,14,17-18,31H,6-13H2,1H3,(H2,24,26,32)/t17-,18+. The van der Waals surface area contributed by atoms with Gasteiger partial charge in [0.2, 0.25) is 5.95 Å². The summed E-state index contributed by atoms with van der Waals surface area (Å²) in [6.45, 7) is 2.78. The molecule has 0 bridgehead atoms. The van der Waals surface area contributed by atoms with E-state index >= 15 is 0 Å². The molecule has 0 unspecified atom stereocenters. The zero-order chi connectivity index (χ0) is 22.8. The van der Waals surface area contributed by atoms with Crippen LogP contribution in [0.5, 0.6) is 0 Å². The highest BCUT2D eigenvalue weighted by atomic mass is 16.5. The normalized spacial score (nSPS) is 21.2. The Morgan fingerprint density at radius 3 is 2.52 bits per heavy atom. The molecule has 3 heterocycles.